The van der Waals surface area contributed by atoms with Crippen LogP contribution in [0.4, 0.5) is 0 Å². The Morgan fingerprint density at radius 3 is 1.74 bits per heavy atom. The Hall–Kier alpha value is -4.46. The zero-order valence-electron chi connectivity index (χ0n) is 24.6. The minimum Gasteiger partial charge on any atom is -0.257 e. The van der Waals surface area contributed by atoms with Crippen molar-refractivity contribution >= 4 is 0 Å². The van der Waals surface area contributed by atoms with Crippen LogP contribution in [0, 0.1) is 0 Å². The zero-order valence-corrected chi connectivity index (χ0v) is 24.6. The standard InChI is InChI=1S/C34H38N8/c1-3-5-7-12-16-28-23-37-30(24-35-28)34-41-32(26-18-19-29(36-20-26)25-14-10-9-11-15-25)40-33(42-34)27-21-38-31(39-22-27)17-13-8-6-4-2/h9-11,14-15,18-24H,3-8,12-13,16-17H2,1-2H3. The van der Waals surface area contributed by atoms with Crippen LogP contribution in [0.5, 0.6) is 0 Å². The summed E-state index contributed by atoms with van der Waals surface area (Å²) in [6.07, 6.45) is 20.3. The van der Waals surface area contributed by atoms with Gasteiger partial charge in [-0.15, -0.1) is 0 Å². The van der Waals surface area contributed by atoms with E-state index in [0.29, 0.717) is 23.2 Å². The van der Waals surface area contributed by atoms with Crippen LogP contribution in [0.1, 0.15) is 76.7 Å². The molecule has 0 unspecified atom stereocenters. The average molecular weight is 559 g/mol. The quantitative estimate of drug-likeness (QED) is 0.127. The summed E-state index contributed by atoms with van der Waals surface area (Å²) in [5, 5.41) is 0. The molecular weight excluding hydrogens is 520 g/mol. The maximum absolute atomic E-state index is 4.80. The van der Waals surface area contributed by atoms with Gasteiger partial charge in [0.25, 0.3) is 0 Å². The van der Waals surface area contributed by atoms with Crippen molar-refractivity contribution in [2.75, 3.05) is 0 Å². The van der Waals surface area contributed by atoms with Crippen LogP contribution in [0.15, 0.2) is 73.4 Å². The lowest BCUT2D eigenvalue weighted by Gasteiger charge is -2.09. The zero-order chi connectivity index (χ0) is 29.0. The van der Waals surface area contributed by atoms with E-state index in [1.54, 1.807) is 24.8 Å². The molecule has 0 aliphatic carbocycles. The summed E-state index contributed by atoms with van der Waals surface area (Å²) in [6.45, 7) is 4.43. The summed E-state index contributed by atoms with van der Waals surface area (Å²) in [5.41, 5.74) is 5.03. The predicted octanol–water partition coefficient (Wildman–Crippen LogP) is 7.76. The van der Waals surface area contributed by atoms with Crippen molar-refractivity contribution in [3.05, 3.63) is 85.0 Å². The van der Waals surface area contributed by atoms with E-state index in [2.05, 4.69) is 38.8 Å². The van der Waals surface area contributed by atoms with E-state index in [-0.39, 0.29) is 0 Å². The highest BCUT2D eigenvalue weighted by Gasteiger charge is 2.15. The van der Waals surface area contributed by atoms with Crippen molar-refractivity contribution in [3.8, 4) is 45.6 Å². The Morgan fingerprint density at radius 2 is 1.10 bits per heavy atom. The molecule has 0 aliphatic heterocycles. The van der Waals surface area contributed by atoms with Gasteiger partial charge in [0, 0.05) is 42.3 Å². The molecule has 0 atom stereocenters. The summed E-state index contributed by atoms with van der Waals surface area (Å²) in [5.74, 6) is 2.29. The molecule has 0 radical (unpaired) electrons. The van der Waals surface area contributed by atoms with Gasteiger partial charge < -0.3 is 0 Å². The summed E-state index contributed by atoms with van der Waals surface area (Å²) in [4.78, 5) is 37.6. The van der Waals surface area contributed by atoms with Crippen molar-refractivity contribution in [3.63, 3.8) is 0 Å². The summed E-state index contributed by atoms with van der Waals surface area (Å²) >= 11 is 0. The minimum absolute atomic E-state index is 0.454. The largest absolute Gasteiger partial charge is 0.257 e. The molecule has 0 fully saturated rings. The SMILES string of the molecule is CCCCCCc1cnc(-c2nc(-c3ccc(-c4ccccc4)nc3)nc(-c3cnc(CCCCCC)nc3)n2)cn1. The van der Waals surface area contributed by atoms with Crippen LogP contribution < -0.4 is 0 Å². The fourth-order valence-electron chi connectivity index (χ4n) is 4.70. The molecule has 4 aromatic heterocycles. The molecule has 0 aliphatic rings. The van der Waals surface area contributed by atoms with E-state index >= 15 is 0 Å². The average Bonchev–Trinajstić information content (AvgIpc) is 3.06. The van der Waals surface area contributed by atoms with Crippen molar-refractivity contribution in [2.24, 2.45) is 0 Å². The molecule has 0 bridgehead atoms. The second-order valence-corrected chi connectivity index (χ2v) is 10.5. The molecule has 0 amide bonds. The van der Waals surface area contributed by atoms with Gasteiger partial charge in [0.05, 0.1) is 23.1 Å². The lowest BCUT2D eigenvalue weighted by Crippen LogP contribution is -2.03. The Labute approximate surface area is 248 Å². The van der Waals surface area contributed by atoms with E-state index in [0.717, 1.165) is 59.6 Å². The first kappa shape index (κ1) is 29.0. The van der Waals surface area contributed by atoms with Crippen molar-refractivity contribution in [1.82, 2.24) is 39.9 Å². The van der Waals surface area contributed by atoms with E-state index in [4.69, 9.17) is 15.0 Å². The number of hydrogen-bond donors (Lipinski definition) is 0. The number of hydrogen-bond acceptors (Lipinski definition) is 8. The number of rotatable bonds is 14. The molecule has 5 rings (SSSR count). The lowest BCUT2D eigenvalue weighted by atomic mass is 10.1. The van der Waals surface area contributed by atoms with Crippen molar-refractivity contribution < 1.29 is 0 Å². The molecule has 0 saturated carbocycles. The molecule has 42 heavy (non-hydrogen) atoms. The van der Waals surface area contributed by atoms with Gasteiger partial charge in [-0.1, -0.05) is 82.7 Å². The first-order valence-electron chi connectivity index (χ1n) is 15.1. The van der Waals surface area contributed by atoms with Gasteiger partial charge in [-0.25, -0.2) is 29.9 Å². The smallest absolute Gasteiger partial charge is 0.184 e. The molecule has 4 heterocycles. The number of unbranched alkanes of at least 4 members (excludes halogenated alkanes) is 6. The van der Waals surface area contributed by atoms with Crippen LogP contribution in [-0.2, 0) is 12.8 Å². The fraction of sp³-hybridized carbons (Fsp3) is 0.353. The van der Waals surface area contributed by atoms with Gasteiger partial charge >= 0.3 is 0 Å². The summed E-state index contributed by atoms with van der Waals surface area (Å²) in [7, 11) is 0. The molecule has 214 valence electrons. The number of pyridine rings is 1. The topological polar surface area (TPSA) is 103 Å². The third-order valence-corrected chi connectivity index (χ3v) is 7.16. The van der Waals surface area contributed by atoms with Crippen LogP contribution in [-0.4, -0.2) is 39.9 Å². The molecule has 0 spiro atoms. The molecule has 8 heteroatoms. The first-order valence-corrected chi connectivity index (χ1v) is 15.1. The minimum atomic E-state index is 0.454. The molecule has 0 saturated heterocycles. The maximum atomic E-state index is 4.80. The second kappa shape index (κ2) is 15.0. The van der Waals surface area contributed by atoms with Crippen molar-refractivity contribution in [1.29, 1.82) is 0 Å². The molecule has 5 aromatic rings. The van der Waals surface area contributed by atoms with E-state index < -0.39 is 0 Å². The Bertz CT molecular complexity index is 1450. The number of nitrogens with zero attached hydrogens (tertiary/aromatic N) is 8. The van der Waals surface area contributed by atoms with Crippen molar-refractivity contribution in [2.45, 2.75) is 78.1 Å². The van der Waals surface area contributed by atoms with E-state index in [1.165, 1.54) is 38.5 Å². The second-order valence-electron chi connectivity index (χ2n) is 10.5. The normalized spacial score (nSPS) is 11.1. The van der Waals surface area contributed by atoms with Gasteiger partial charge in [0.2, 0.25) is 0 Å². The maximum Gasteiger partial charge on any atom is 0.184 e. The molecule has 1 aromatic carbocycles. The van der Waals surface area contributed by atoms with Crippen LogP contribution in [0.2, 0.25) is 0 Å². The summed E-state index contributed by atoms with van der Waals surface area (Å²) in [6, 6.07) is 14.1. The highest BCUT2D eigenvalue weighted by atomic mass is 15.1. The van der Waals surface area contributed by atoms with Gasteiger partial charge in [0.15, 0.2) is 17.5 Å². The first-order chi connectivity index (χ1) is 20.7. The van der Waals surface area contributed by atoms with Gasteiger partial charge in [-0.3, -0.25) is 9.97 Å². The highest BCUT2D eigenvalue weighted by molar-refractivity contribution is 5.66. The predicted molar refractivity (Wildman–Crippen MR) is 166 cm³/mol. The molecule has 0 N–H and O–H groups in total. The van der Waals surface area contributed by atoms with Gasteiger partial charge in [-0.2, -0.15) is 0 Å². The van der Waals surface area contributed by atoms with Gasteiger partial charge in [0.1, 0.15) is 11.5 Å². The Kier molecular flexibility index (Phi) is 10.3. The molecular formula is C34H38N8. The lowest BCUT2D eigenvalue weighted by molar-refractivity contribution is 0.652. The number of benzene rings is 1. The third kappa shape index (κ3) is 7.84. The van der Waals surface area contributed by atoms with Crippen LogP contribution in [0.25, 0.3) is 45.6 Å². The van der Waals surface area contributed by atoms with Crippen LogP contribution in [0.3, 0.4) is 0 Å². The third-order valence-electron chi connectivity index (χ3n) is 7.16. The molecule has 8 nitrogen and oxygen atoms in total. The van der Waals surface area contributed by atoms with E-state index in [1.807, 2.05) is 48.7 Å². The monoisotopic (exact) mass is 558 g/mol. The fourth-order valence-corrected chi connectivity index (χ4v) is 4.70. The Balaban J connectivity index is 1.44. The van der Waals surface area contributed by atoms with E-state index in [9.17, 15) is 0 Å². The van der Waals surface area contributed by atoms with Crippen LogP contribution >= 0.6 is 0 Å². The number of aromatic nitrogens is 8. The Morgan fingerprint density at radius 1 is 0.452 bits per heavy atom. The van der Waals surface area contributed by atoms with Gasteiger partial charge in [-0.05, 0) is 31.4 Å². The summed E-state index contributed by atoms with van der Waals surface area (Å²) < 4.78 is 0. The highest BCUT2D eigenvalue weighted by Crippen LogP contribution is 2.25. The number of aryl methyl sites for hydroxylation is 2.